The molecule has 14 heavy (non-hydrogen) atoms. The van der Waals surface area contributed by atoms with Crippen LogP contribution in [0.1, 0.15) is 25.5 Å². The molecular weight excluding hydrogens is 176 g/mol. The summed E-state index contributed by atoms with van der Waals surface area (Å²) in [6, 6.07) is 0. The van der Waals surface area contributed by atoms with Gasteiger partial charge in [0.2, 0.25) is 0 Å². The highest BCUT2D eigenvalue weighted by Crippen LogP contribution is 2.07. The second-order valence-electron chi connectivity index (χ2n) is 3.13. The van der Waals surface area contributed by atoms with Crippen LogP contribution in [0.5, 0.6) is 0 Å². The molecule has 1 aromatic rings. The average molecular weight is 192 g/mol. The van der Waals surface area contributed by atoms with Crippen molar-refractivity contribution in [3.63, 3.8) is 0 Å². The summed E-state index contributed by atoms with van der Waals surface area (Å²) in [4.78, 5) is 4.09. The van der Waals surface area contributed by atoms with Gasteiger partial charge in [0.05, 0.1) is 5.69 Å². The third-order valence-electron chi connectivity index (χ3n) is 1.80. The highest BCUT2D eigenvalue weighted by molar-refractivity contribution is 5.64. The van der Waals surface area contributed by atoms with Crippen molar-refractivity contribution in [2.45, 2.75) is 26.7 Å². The van der Waals surface area contributed by atoms with Crippen LogP contribution in [-0.2, 0) is 7.05 Å². The first-order valence-electron chi connectivity index (χ1n) is 4.77. The van der Waals surface area contributed by atoms with Crippen molar-refractivity contribution >= 4 is 6.21 Å². The third kappa shape index (κ3) is 3.51. The Morgan fingerprint density at radius 3 is 2.50 bits per heavy atom. The normalized spacial score (nSPS) is 13.5. The predicted molar refractivity (Wildman–Crippen MR) is 57.2 cm³/mol. The molecule has 4 nitrogen and oxygen atoms in total. The maximum absolute atomic E-state index is 4.09. The first kappa shape index (κ1) is 10.6. The quantitative estimate of drug-likeness (QED) is 0.681. The number of nitrogens with zero attached hydrogens (tertiary/aromatic N) is 4. The minimum absolute atomic E-state index is 0.961. The fraction of sp³-hybridized carbons (Fsp3) is 0.500. The zero-order chi connectivity index (χ0) is 10.4. The molecule has 76 valence electrons. The second-order valence-corrected chi connectivity index (χ2v) is 3.13. The van der Waals surface area contributed by atoms with Crippen LogP contribution in [0.4, 0.5) is 0 Å². The lowest BCUT2D eigenvalue weighted by Crippen LogP contribution is -1.85. The monoisotopic (exact) mass is 192 g/mol. The number of aromatic nitrogens is 3. The van der Waals surface area contributed by atoms with Gasteiger partial charge in [-0.25, -0.2) is 0 Å². The van der Waals surface area contributed by atoms with E-state index in [4.69, 9.17) is 0 Å². The first-order valence-corrected chi connectivity index (χ1v) is 4.77. The van der Waals surface area contributed by atoms with Gasteiger partial charge in [-0.1, -0.05) is 18.2 Å². The average Bonchev–Trinajstić information content (AvgIpc) is 2.78. The van der Waals surface area contributed by atoms with E-state index >= 15 is 0 Å². The van der Waals surface area contributed by atoms with Gasteiger partial charge in [0.25, 0.3) is 0 Å². The van der Waals surface area contributed by atoms with Gasteiger partial charge in [-0.2, -0.15) is 0 Å². The fourth-order valence-electron chi connectivity index (χ4n) is 1.11. The van der Waals surface area contributed by atoms with Crippen LogP contribution in [0.15, 0.2) is 23.0 Å². The molecule has 2 heterocycles. The van der Waals surface area contributed by atoms with E-state index in [-0.39, 0.29) is 0 Å². The van der Waals surface area contributed by atoms with Gasteiger partial charge in [0.1, 0.15) is 0 Å². The van der Waals surface area contributed by atoms with Gasteiger partial charge in [-0.05, 0) is 13.3 Å². The Kier molecular flexibility index (Phi) is 4.04. The minimum Gasteiger partial charge on any atom is -0.266 e. The Morgan fingerprint density at radius 1 is 1.50 bits per heavy atom. The molecule has 0 saturated heterocycles. The van der Waals surface area contributed by atoms with Crippen molar-refractivity contribution in [3.05, 3.63) is 23.7 Å². The van der Waals surface area contributed by atoms with Crippen LogP contribution in [0.3, 0.4) is 0 Å². The first-order chi connectivity index (χ1) is 6.72. The lowest BCUT2D eigenvalue weighted by molar-refractivity contribution is 0.714. The summed E-state index contributed by atoms with van der Waals surface area (Å²) in [6.07, 6.45) is 8.08. The van der Waals surface area contributed by atoms with Crippen molar-refractivity contribution in [1.82, 2.24) is 15.0 Å². The van der Waals surface area contributed by atoms with Crippen molar-refractivity contribution < 1.29 is 0 Å². The van der Waals surface area contributed by atoms with Crippen LogP contribution < -0.4 is 0 Å². The lowest BCUT2D eigenvalue weighted by atomic mass is 10.3. The largest absolute Gasteiger partial charge is 0.266 e. The number of hydrogen-bond acceptors (Lipinski definition) is 3. The van der Waals surface area contributed by atoms with Gasteiger partial charge in [0, 0.05) is 31.6 Å². The maximum Gasteiger partial charge on any atom is 0.0796 e. The molecule has 1 aliphatic heterocycles. The zero-order valence-electron chi connectivity index (χ0n) is 8.94. The highest BCUT2D eigenvalue weighted by Gasteiger charge is 1.91. The fourth-order valence-corrected chi connectivity index (χ4v) is 1.11. The number of hydrogen-bond donors (Lipinski definition) is 0. The number of aliphatic imine (C=N–C) groups is 1. The molecule has 1 aliphatic rings. The SMILES string of the molecule is CCC1=CCC=N1.Cc1cn(C)nn1. The molecule has 0 amide bonds. The molecule has 0 atom stereocenters. The number of aryl methyl sites for hydroxylation is 2. The number of rotatable bonds is 1. The van der Waals surface area contributed by atoms with Gasteiger partial charge in [-0.3, -0.25) is 9.67 Å². The van der Waals surface area contributed by atoms with Crippen molar-refractivity contribution in [2.75, 3.05) is 0 Å². The predicted octanol–water partition coefficient (Wildman–Crippen LogP) is 1.88. The summed E-state index contributed by atoms with van der Waals surface area (Å²) in [5, 5.41) is 7.41. The molecule has 0 aromatic carbocycles. The Balaban J connectivity index is 0.000000140. The summed E-state index contributed by atoms with van der Waals surface area (Å²) < 4.78 is 1.68. The highest BCUT2D eigenvalue weighted by atomic mass is 15.4. The lowest BCUT2D eigenvalue weighted by Gasteiger charge is -1.83. The maximum atomic E-state index is 4.09. The van der Waals surface area contributed by atoms with Crippen LogP contribution in [0.2, 0.25) is 0 Å². The number of allylic oxidation sites excluding steroid dienone is 2. The van der Waals surface area contributed by atoms with Crippen molar-refractivity contribution in [3.8, 4) is 0 Å². The van der Waals surface area contributed by atoms with Gasteiger partial charge in [-0.15, -0.1) is 5.10 Å². The van der Waals surface area contributed by atoms with E-state index in [1.54, 1.807) is 4.68 Å². The molecule has 0 bridgehead atoms. The van der Waals surface area contributed by atoms with E-state index in [2.05, 4.69) is 28.3 Å². The molecule has 0 N–H and O–H groups in total. The Morgan fingerprint density at radius 2 is 2.29 bits per heavy atom. The summed E-state index contributed by atoms with van der Waals surface area (Å²) in [5.41, 5.74) is 2.20. The van der Waals surface area contributed by atoms with Crippen LogP contribution >= 0.6 is 0 Å². The molecule has 1 aromatic heterocycles. The zero-order valence-corrected chi connectivity index (χ0v) is 8.94. The Hall–Kier alpha value is -1.45. The van der Waals surface area contributed by atoms with E-state index in [0.29, 0.717) is 0 Å². The molecule has 0 radical (unpaired) electrons. The topological polar surface area (TPSA) is 43.1 Å². The summed E-state index contributed by atoms with van der Waals surface area (Å²) in [5.74, 6) is 0. The van der Waals surface area contributed by atoms with Gasteiger partial charge < -0.3 is 0 Å². The molecule has 0 aliphatic carbocycles. The Bertz CT molecular complexity index is 319. The molecular formula is C10H16N4. The second kappa shape index (κ2) is 5.32. The Labute approximate surface area is 84.4 Å². The van der Waals surface area contributed by atoms with E-state index in [1.807, 2.05) is 26.4 Å². The molecule has 2 rings (SSSR count). The van der Waals surface area contributed by atoms with E-state index < -0.39 is 0 Å². The smallest absolute Gasteiger partial charge is 0.0796 e. The van der Waals surface area contributed by atoms with Gasteiger partial charge in [0.15, 0.2) is 0 Å². The molecule has 4 heteroatoms. The molecule has 0 spiro atoms. The minimum atomic E-state index is 0.961. The van der Waals surface area contributed by atoms with E-state index in [9.17, 15) is 0 Å². The summed E-state index contributed by atoms with van der Waals surface area (Å²) in [7, 11) is 1.85. The van der Waals surface area contributed by atoms with Crippen LogP contribution in [-0.4, -0.2) is 21.2 Å². The summed E-state index contributed by atoms with van der Waals surface area (Å²) in [6.45, 7) is 4.03. The molecule has 0 saturated carbocycles. The van der Waals surface area contributed by atoms with Crippen LogP contribution in [0.25, 0.3) is 0 Å². The van der Waals surface area contributed by atoms with Gasteiger partial charge >= 0.3 is 0 Å². The van der Waals surface area contributed by atoms with Crippen molar-refractivity contribution in [2.24, 2.45) is 12.0 Å². The third-order valence-corrected chi connectivity index (χ3v) is 1.80. The van der Waals surface area contributed by atoms with E-state index in [0.717, 1.165) is 18.5 Å². The van der Waals surface area contributed by atoms with E-state index in [1.165, 1.54) is 5.70 Å². The standard InChI is InChI=1S/C6H9N.C4H7N3/c1-2-6-4-3-5-7-6;1-4-3-7(2)6-5-4/h4-5H,2-3H2,1H3;3H,1-2H3. The molecule has 0 fully saturated rings. The summed E-state index contributed by atoms with van der Waals surface area (Å²) >= 11 is 0. The van der Waals surface area contributed by atoms with Crippen molar-refractivity contribution in [1.29, 1.82) is 0 Å². The molecule has 0 unspecified atom stereocenters. The van der Waals surface area contributed by atoms with Crippen LogP contribution in [0, 0.1) is 6.92 Å².